The average Bonchev–Trinajstić information content (AvgIpc) is 2.96. The number of thioether (sulfide) groups is 1. The van der Waals surface area contributed by atoms with E-state index in [1.54, 1.807) is 25.1 Å². The van der Waals surface area contributed by atoms with Crippen LogP contribution in [0.2, 0.25) is 0 Å². The van der Waals surface area contributed by atoms with Crippen molar-refractivity contribution in [2.75, 3.05) is 6.54 Å². The number of aromatic carboxylic acids is 1. The van der Waals surface area contributed by atoms with E-state index in [9.17, 15) is 24.8 Å². The van der Waals surface area contributed by atoms with Crippen molar-refractivity contribution < 1.29 is 24.7 Å². The number of hydrogen-bond acceptors (Lipinski definition) is 7. The monoisotopic (exact) mass is 413 g/mol. The minimum Gasteiger partial charge on any atom is -0.507 e. The highest BCUT2D eigenvalue weighted by Gasteiger charge is 2.33. The fourth-order valence-corrected chi connectivity index (χ4v) is 3.72. The lowest BCUT2D eigenvalue weighted by molar-refractivity contribution is -0.385. The largest absolute Gasteiger partial charge is 0.507 e. The number of likely N-dealkylation sites (N-methyl/N-ethyl adjacent to an activating group) is 1. The molecule has 2 aromatic rings. The summed E-state index contributed by atoms with van der Waals surface area (Å²) in [6.45, 7) is 2.07. The molecule has 0 unspecified atom stereocenters. The lowest BCUT2D eigenvalue weighted by Gasteiger charge is -2.12. The molecule has 29 heavy (non-hydrogen) atoms. The summed E-state index contributed by atoms with van der Waals surface area (Å²) >= 11 is 1.04. The lowest BCUT2D eigenvalue weighted by atomic mass is 10.1. The van der Waals surface area contributed by atoms with Crippen LogP contribution in [0.4, 0.5) is 11.4 Å². The molecule has 0 aromatic heterocycles. The number of nitro benzene ring substituents is 1. The van der Waals surface area contributed by atoms with E-state index >= 15 is 0 Å². The standard InChI is InChI=1S/C19H15N3O6S/c1-2-21-17(24)16(9-11-5-3-4-6-14(11)22(27)28)29-19(21)20-12-7-8-13(18(25)26)15(23)10-12/h3-10,23H,2H2,1H3,(H,25,26)/b16-9-,20-19?. The van der Waals surface area contributed by atoms with E-state index in [1.165, 1.54) is 35.2 Å². The zero-order valence-corrected chi connectivity index (χ0v) is 15.9. The van der Waals surface area contributed by atoms with Gasteiger partial charge in [-0.3, -0.25) is 19.8 Å². The predicted molar refractivity (Wildman–Crippen MR) is 108 cm³/mol. The number of carboxylic acid groups (broad SMARTS) is 1. The zero-order chi connectivity index (χ0) is 21.1. The maximum atomic E-state index is 12.7. The van der Waals surface area contributed by atoms with Gasteiger partial charge in [-0.15, -0.1) is 0 Å². The first kappa shape index (κ1) is 20.1. The highest BCUT2D eigenvalue weighted by molar-refractivity contribution is 8.18. The Morgan fingerprint density at radius 3 is 2.66 bits per heavy atom. The second-order valence-corrected chi connectivity index (χ2v) is 6.89. The van der Waals surface area contributed by atoms with Crippen molar-refractivity contribution in [3.05, 3.63) is 68.6 Å². The summed E-state index contributed by atoms with van der Waals surface area (Å²) in [5.74, 6) is -2.05. The summed E-state index contributed by atoms with van der Waals surface area (Å²) in [6, 6.07) is 9.92. The molecule has 0 atom stereocenters. The molecule has 1 aliphatic rings. The van der Waals surface area contributed by atoms with Crippen LogP contribution in [0.15, 0.2) is 52.4 Å². The highest BCUT2D eigenvalue weighted by atomic mass is 32.2. The van der Waals surface area contributed by atoms with Crippen LogP contribution in [-0.2, 0) is 4.79 Å². The number of amidine groups is 1. The molecular weight excluding hydrogens is 398 g/mol. The SMILES string of the molecule is CCN1C(=O)/C(=C/c2ccccc2[N+](=O)[O-])SC1=Nc1ccc(C(=O)O)c(O)c1. The summed E-state index contributed by atoms with van der Waals surface area (Å²) < 4.78 is 0. The number of hydrogen-bond donors (Lipinski definition) is 2. The third kappa shape index (κ3) is 4.11. The molecule has 0 spiro atoms. The molecule has 10 heteroatoms. The molecule has 0 bridgehead atoms. The molecule has 0 aliphatic carbocycles. The number of carbonyl (C=O) groups is 2. The number of carbonyl (C=O) groups excluding carboxylic acids is 1. The Balaban J connectivity index is 1.98. The van der Waals surface area contributed by atoms with Gasteiger partial charge < -0.3 is 10.2 Å². The normalized spacial score (nSPS) is 16.6. The third-order valence-corrected chi connectivity index (χ3v) is 5.07. The number of amides is 1. The van der Waals surface area contributed by atoms with Gasteiger partial charge in [-0.05, 0) is 43.0 Å². The van der Waals surface area contributed by atoms with E-state index in [-0.39, 0.29) is 27.8 Å². The van der Waals surface area contributed by atoms with Crippen molar-refractivity contribution in [3.8, 4) is 5.75 Å². The highest BCUT2D eigenvalue weighted by Crippen LogP contribution is 2.36. The average molecular weight is 413 g/mol. The smallest absolute Gasteiger partial charge is 0.339 e. The van der Waals surface area contributed by atoms with E-state index in [0.29, 0.717) is 17.3 Å². The minimum atomic E-state index is -1.27. The summed E-state index contributed by atoms with van der Waals surface area (Å²) in [6.07, 6.45) is 1.45. The Hall–Kier alpha value is -3.66. The molecule has 1 heterocycles. The molecule has 148 valence electrons. The summed E-state index contributed by atoms with van der Waals surface area (Å²) in [5, 5.41) is 30.3. The van der Waals surface area contributed by atoms with Crippen molar-refractivity contribution >= 4 is 46.3 Å². The van der Waals surface area contributed by atoms with E-state index in [2.05, 4.69) is 4.99 Å². The Kier molecular flexibility index (Phi) is 5.64. The Labute approximate surface area is 169 Å². The quantitative estimate of drug-likeness (QED) is 0.434. The molecule has 1 fully saturated rings. The van der Waals surface area contributed by atoms with Crippen molar-refractivity contribution in [2.24, 2.45) is 4.99 Å². The van der Waals surface area contributed by atoms with Crippen LogP contribution in [0.3, 0.4) is 0 Å². The van der Waals surface area contributed by atoms with Crippen LogP contribution in [-0.4, -0.2) is 43.6 Å². The van der Waals surface area contributed by atoms with Crippen LogP contribution < -0.4 is 0 Å². The van der Waals surface area contributed by atoms with Gasteiger partial charge in [0.1, 0.15) is 11.3 Å². The third-order valence-electron chi connectivity index (χ3n) is 4.06. The number of phenols is 1. The zero-order valence-electron chi connectivity index (χ0n) is 15.1. The van der Waals surface area contributed by atoms with E-state index in [1.807, 2.05) is 0 Å². The lowest BCUT2D eigenvalue weighted by Crippen LogP contribution is -2.28. The minimum absolute atomic E-state index is 0.115. The molecule has 3 rings (SSSR count). The molecule has 1 aliphatic heterocycles. The summed E-state index contributed by atoms with van der Waals surface area (Å²) in [7, 11) is 0. The second kappa shape index (κ2) is 8.15. The fourth-order valence-electron chi connectivity index (χ4n) is 2.67. The Morgan fingerprint density at radius 1 is 1.31 bits per heavy atom. The Bertz CT molecular complexity index is 1080. The first-order valence-electron chi connectivity index (χ1n) is 8.41. The number of aliphatic imine (C=N–C) groups is 1. The van der Waals surface area contributed by atoms with Gasteiger partial charge in [0.2, 0.25) is 0 Å². The van der Waals surface area contributed by atoms with Crippen molar-refractivity contribution in [3.63, 3.8) is 0 Å². The second-order valence-electron chi connectivity index (χ2n) is 5.88. The van der Waals surface area contributed by atoms with Crippen molar-refractivity contribution in [2.45, 2.75) is 6.92 Å². The van der Waals surface area contributed by atoms with Crippen molar-refractivity contribution in [1.82, 2.24) is 4.90 Å². The first-order chi connectivity index (χ1) is 13.8. The van der Waals surface area contributed by atoms with Crippen molar-refractivity contribution in [1.29, 1.82) is 0 Å². The summed E-state index contributed by atoms with van der Waals surface area (Å²) in [5.41, 5.74) is 0.201. The molecule has 2 aromatic carbocycles. The van der Waals surface area contributed by atoms with Crippen LogP contribution in [0.25, 0.3) is 6.08 Å². The number of aromatic hydroxyl groups is 1. The fraction of sp³-hybridized carbons (Fsp3) is 0.105. The number of rotatable bonds is 5. The van der Waals surface area contributed by atoms with E-state index < -0.39 is 16.6 Å². The molecule has 1 saturated heterocycles. The van der Waals surface area contributed by atoms with Gasteiger partial charge in [0, 0.05) is 18.7 Å². The summed E-state index contributed by atoms with van der Waals surface area (Å²) in [4.78, 5) is 40.4. The number of benzene rings is 2. The maximum absolute atomic E-state index is 12.7. The van der Waals surface area contributed by atoms with Gasteiger partial charge in [0.15, 0.2) is 5.17 Å². The number of para-hydroxylation sites is 1. The van der Waals surface area contributed by atoms with Crippen LogP contribution >= 0.6 is 11.8 Å². The van der Waals surface area contributed by atoms with Gasteiger partial charge >= 0.3 is 5.97 Å². The predicted octanol–water partition coefficient (Wildman–Crippen LogP) is 3.62. The Morgan fingerprint density at radius 2 is 2.03 bits per heavy atom. The molecular formula is C19H15N3O6S. The topological polar surface area (TPSA) is 133 Å². The molecule has 1 amide bonds. The van der Waals surface area contributed by atoms with Crippen LogP contribution in [0, 0.1) is 10.1 Å². The number of nitrogens with zero attached hydrogens (tertiary/aromatic N) is 3. The molecule has 0 saturated carbocycles. The van der Waals surface area contributed by atoms with E-state index in [4.69, 9.17) is 5.11 Å². The first-order valence-corrected chi connectivity index (χ1v) is 9.23. The molecule has 2 N–H and O–H groups in total. The number of nitro groups is 1. The van der Waals surface area contributed by atoms with Gasteiger partial charge in [0.25, 0.3) is 11.6 Å². The van der Waals surface area contributed by atoms with Crippen LogP contribution in [0.1, 0.15) is 22.8 Å². The molecule has 0 radical (unpaired) electrons. The maximum Gasteiger partial charge on any atom is 0.339 e. The van der Waals surface area contributed by atoms with Gasteiger partial charge in [0.05, 0.1) is 21.1 Å². The van der Waals surface area contributed by atoms with Gasteiger partial charge in [-0.25, -0.2) is 9.79 Å². The van der Waals surface area contributed by atoms with Gasteiger partial charge in [-0.2, -0.15) is 0 Å². The number of carboxylic acids is 1. The van der Waals surface area contributed by atoms with Gasteiger partial charge in [-0.1, -0.05) is 12.1 Å². The van der Waals surface area contributed by atoms with E-state index in [0.717, 1.165) is 11.8 Å². The van der Waals surface area contributed by atoms with Crippen LogP contribution in [0.5, 0.6) is 5.75 Å². The molecule has 9 nitrogen and oxygen atoms in total.